The number of halogens is 1. The van der Waals surface area contributed by atoms with Crippen LogP contribution in [0.25, 0.3) is 0 Å². The zero-order valence-corrected chi connectivity index (χ0v) is 19.0. The lowest BCUT2D eigenvalue weighted by Gasteiger charge is -2.17. The normalized spacial score (nSPS) is 17.2. The number of nitrogens with zero attached hydrogens (tertiary/aromatic N) is 1. The van der Waals surface area contributed by atoms with Crippen molar-refractivity contribution in [2.75, 3.05) is 13.2 Å². The third kappa shape index (κ3) is 6.29. The van der Waals surface area contributed by atoms with Gasteiger partial charge in [-0.3, -0.25) is 10.1 Å². The first-order valence-corrected chi connectivity index (χ1v) is 12.4. The lowest BCUT2D eigenvalue weighted by atomic mass is 10.1. The van der Waals surface area contributed by atoms with Crippen molar-refractivity contribution < 1.29 is 27.1 Å². The molecule has 0 spiro atoms. The van der Waals surface area contributed by atoms with Crippen LogP contribution in [0.1, 0.15) is 42.5 Å². The van der Waals surface area contributed by atoms with Gasteiger partial charge in [-0.2, -0.15) is 0 Å². The number of hydrogen-bond acceptors (Lipinski definition) is 5. The lowest BCUT2D eigenvalue weighted by Crippen LogP contribution is -2.28. The van der Waals surface area contributed by atoms with E-state index in [0.717, 1.165) is 18.4 Å². The minimum atomic E-state index is -3.68. The molecule has 1 aliphatic heterocycles. The Labute approximate surface area is 192 Å². The predicted molar refractivity (Wildman–Crippen MR) is 119 cm³/mol. The molecule has 8 nitrogen and oxygen atoms in total. The number of amides is 3. The number of ether oxygens (including phenoxy) is 1. The molecule has 1 atom stereocenters. The molecule has 2 fully saturated rings. The van der Waals surface area contributed by atoms with Crippen molar-refractivity contribution >= 4 is 22.0 Å². The van der Waals surface area contributed by atoms with Gasteiger partial charge in [-0.15, -0.1) is 0 Å². The second-order valence-electron chi connectivity index (χ2n) is 8.57. The van der Waals surface area contributed by atoms with E-state index in [1.165, 1.54) is 11.0 Å². The second kappa shape index (κ2) is 9.48. The molecular weight excluding hydrogens is 449 g/mol. The van der Waals surface area contributed by atoms with Gasteiger partial charge in [-0.05, 0) is 54.5 Å². The molecule has 3 amide bonds. The molecule has 0 unspecified atom stereocenters. The lowest BCUT2D eigenvalue weighted by molar-refractivity contribution is -0.118. The van der Waals surface area contributed by atoms with E-state index in [-0.39, 0.29) is 30.5 Å². The van der Waals surface area contributed by atoms with E-state index >= 15 is 0 Å². The predicted octanol–water partition coefficient (Wildman–Crippen LogP) is 2.85. The number of nitrogens with one attached hydrogen (secondary N) is 2. The maximum atomic E-state index is 14.0. The number of sulfonamides is 1. The highest BCUT2D eigenvalue weighted by Gasteiger charge is 2.26. The molecular formula is C23H26FN3O5S. The third-order valence-corrected chi connectivity index (χ3v) is 7.03. The maximum absolute atomic E-state index is 14.0. The summed E-state index contributed by atoms with van der Waals surface area (Å²) in [4.78, 5) is 24.3. The zero-order valence-electron chi connectivity index (χ0n) is 18.2. The molecule has 10 heteroatoms. The van der Waals surface area contributed by atoms with E-state index in [2.05, 4.69) is 10.0 Å². The van der Waals surface area contributed by atoms with Crippen molar-refractivity contribution in [3.05, 3.63) is 65.0 Å². The Morgan fingerprint density at radius 3 is 2.48 bits per heavy atom. The zero-order chi connectivity index (χ0) is 23.6. The van der Waals surface area contributed by atoms with Crippen LogP contribution >= 0.6 is 0 Å². The van der Waals surface area contributed by atoms with E-state index in [4.69, 9.17) is 4.74 Å². The molecule has 2 aliphatic rings. The summed E-state index contributed by atoms with van der Waals surface area (Å²) in [6.07, 6.45) is 2.18. The first-order valence-electron chi connectivity index (χ1n) is 10.8. The summed E-state index contributed by atoms with van der Waals surface area (Å²) in [5.74, 6) is -0.428. The van der Waals surface area contributed by atoms with Crippen LogP contribution in [0, 0.1) is 11.7 Å². The summed E-state index contributed by atoms with van der Waals surface area (Å²) in [5.41, 5.74) is 1.97. The highest BCUT2D eigenvalue weighted by molar-refractivity contribution is 7.88. The van der Waals surface area contributed by atoms with Gasteiger partial charge in [-0.1, -0.05) is 30.3 Å². The van der Waals surface area contributed by atoms with Gasteiger partial charge >= 0.3 is 6.03 Å². The number of benzene rings is 2. The van der Waals surface area contributed by atoms with Crippen LogP contribution in [0.5, 0.6) is 5.75 Å². The Morgan fingerprint density at radius 1 is 1.15 bits per heavy atom. The third-order valence-electron chi connectivity index (χ3n) is 5.60. The van der Waals surface area contributed by atoms with Crippen LogP contribution < -0.4 is 14.8 Å². The molecule has 2 aromatic carbocycles. The van der Waals surface area contributed by atoms with Crippen molar-refractivity contribution in [3.8, 4) is 5.75 Å². The second-order valence-corrected chi connectivity index (χ2v) is 10.3. The van der Waals surface area contributed by atoms with E-state index in [1.807, 2.05) is 0 Å². The van der Waals surface area contributed by atoms with Gasteiger partial charge in [0, 0.05) is 12.6 Å². The average molecular weight is 476 g/mol. The van der Waals surface area contributed by atoms with Gasteiger partial charge in [0.05, 0.1) is 12.4 Å². The highest BCUT2D eigenvalue weighted by atomic mass is 32.2. The van der Waals surface area contributed by atoms with E-state index in [9.17, 15) is 22.4 Å². The van der Waals surface area contributed by atoms with Crippen LogP contribution in [-0.4, -0.2) is 38.4 Å². The van der Waals surface area contributed by atoms with Gasteiger partial charge in [0.15, 0.2) is 11.6 Å². The molecule has 176 valence electrons. The highest BCUT2D eigenvalue weighted by Crippen LogP contribution is 2.31. The Morgan fingerprint density at radius 2 is 1.85 bits per heavy atom. The average Bonchev–Trinajstić information content (AvgIpc) is 3.52. The number of rotatable bonds is 10. The SMILES string of the molecule is C[C@@H](NS(=O)(=O)Cc1ccc(CN2CC(=O)NC2=O)cc1)c1ccc(F)c(OCC2CC2)c1. The summed E-state index contributed by atoms with van der Waals surface area (Å²) in [6.45, 7) is 2.43. The van der Waals surface area contributed by atoms with Gasteiger partial charge in [0.1, 0.15) is 6.54 Å². The summed E-state index contributed by atoms with van der Waals surface area (Å²) in [7, 11) is -3.68. The largest absolute Gasteiger partial charge is 0.490 e. The fourth-order valence-electron chi connectivity index (χ4n) is 3.56. The van der Waals surface area contributed by atoms with Crippen molar-refractivity contribution in [1.29, 1.82) is 0 Å². The monoisotopic (exact) mass is 475 g/mol. The molecule has 0 radical (unpaired) electrons. The Kier molecular flexibility index (Phi) is 6.66. The van der Waals surface area contributed by atoms with Crippen molar-refractivity contribution in [3.63, 3.8) is 0 Å². The van der Waals surface area contributed by atoms with Gasteiger partial charge in [0.25, 0.3) is 0 Å². The van der Waals surface area contributed by atoms with E-state index in [0.29, 0.717) is 23.7 Å². The molecule has 1 saturated heterocycles. The Balaban J connectivity index is 1.35. The topological polar surface area (TPSA) is 105 Å². The first kappa shape index (κ1) is 23.2. The number of urea groups is 1. The molecule has 33 heavy (non-hydrogen) atoms. The fraction of sp³-hybridized carbons (Fsp3) is 0.391. The molecule has 4 rings (SSSR count). The van der Waals surface area contributed by atoms with E-state index in [1.54, 1.807) is 43.3 Å². The minimum absolute atomic E-state index is 0.00743. The van der Waals surface area contributed by atoms with Gasteiger partial charge < -0.3 is 9.64 Å². The maximum Gasteiger partial charge on any atom is 0.324 e. The Bertz CT molecular complexity index is 1150. The van der Waals surface area contributed by atoms with Crippen LogP contribution in [0.3, 0.4) is 0 Å². The molecule has 1 saturated carbocycles. The fourth-order valence-corrected chi connectivity index (χ4v) is 4.95. The van der Waals surface area contributed by atoms with Gasteiger partial charge in [0.2, 0.25) is 15.9 Å². The number of carbonyl (C=O) groups is 2. The van der Waals surface area contributed by atoms with Crippen LogP contribution in [0.2, 0.25) is 0 Å². The Hall–Kier alpha value is -2.98. The van der Waals surface area contributed by atoms with Crippen molar-refractivity contribution in [2.24, 2.45) is 5.92 Å². The minimum Gasteiger partial charge on any atom is -0.490 e. The molecule has 2 aromatic rings. The summed E-state index contributed by atoms with van der Waals surface area (Å²) in [6, 6.07) is 10.2. The van der Waals surface area contributed by atoms with E-state index < -0.39 is 27.9 Å². The van der Waals surface area contributed by atoms with Crippen molar-refractivity contribution in [2.45, 2.75) is 38.1 Å². The number of hydrogen-bond donors (Lipinski definition) is 2. The summed E-state index contributed by atoms with van der Waals surface area (Å²) < 4.78 is 47.6. The quantitative estimate of drug-likeness (QED) is 0.514. The molecule has 1 heterocycles. The van der Waals surface area contributed by atoms with Crippen LogP contribution in [0.15, 0.2) is 42.5 Å². The summed E-state index contributed by atoms with van der Waals surface area (Å²) in [5, 5.41) is 2.21. The van der Waals surface area contributed by atoms with Crippen molar-refractivity contribution in [1.82, 2.24) is 14.9 Å². The molecule has 0 aromatic heterocycles. The summed E-state index contributed by atoms with van der Waals surface area (Å²) >= 11 is 0. The smallest absolute Gasteiger partial charge is 0.324 e. The van der Waals surface area contributed by atoms with Crippen LogP contribution in [-0.2, 0) is 27.1 Å². The van der Waals surface area contributed by atoms with Gasteiger partial charge in [-0.25, -0.2) is 22.3 Å². The molecule has 2 N–H and O–H groups in total. The first-order chi connectivity index (χ1) is 15.7. The number of imide groups is 1. The molecule has 1 aliphatic carbocycles. The standard InChI is InChI=1S/C23H26FN3O5S/c1-15(19-8-9-20(24)21(10-19)32-13-17-4-5-17)26-33(30,31)14-18-6-2-16(3-7-18)11-27-12-22(28)25-23(27)29/h2-3,6-10,15,17,26H,4-5,11-14H2,1H3,(H,25,28,29)/t15-/m1/s1. The molecule has 0 bridgehead atoms. The number of carbonyl (C=O) groups excluding carboxylic acids is 2. The van der Waals surface area contributed by atoms with Crippen LogP contribution in [0.4, 0.5) is 9.18 Å².